The van der Waals surface area contributed by atoms with Crippen molar-refractivity contribution in [1.29, 1.82) is 5.26 Å². The van der Waals surface area contributed by atoms with Gasteiger partial charge in [-0.15, -0.1) is 0 Å². The number of amides is 1. The van der Waals surface area contributed by atoms with Crippen molar-refractivity contribution in [3.05, 3.63) is 0 Å². The predicted molar refractivity (Wildman–Crippen MR) is 97.3 cm³/mol. The molecule has 2 rings (SSSR count). The van der Waals surface area contributed by atoms with E-state index < -0.39 is 0 Å². The number of nitrogens with one attached hydrogen (secondary N) is 1. The molecule has 0 aliphatic heterocycles. The molecule has 1 N–H and O–H groups in total. The first kappa shape index (κ1) is 19.2. The zero-order valence-electron chi connectivity index (χ0n) is 15.8. The van der Waals surface area contributed by atoms with Crippen molar-refractivity contribution in [2.45, 2.75) is 84.2 Å². The Hall–Kier alpha value is -1.08. The molecule has 0 aromatic rings. The molecule has 2 aliphatic carbocycles. The van der Waals surface area contributed by atoms with Gasteiger partial charge in [0.25, 0.3) is 0 Å². The third-order valence-electron chi connectivity index (χ3n) is 6.06. The molecule has 4 nitrogen and oxygen atoms in total. The SMILES string of the molecule is CCCCC1C[C@@H]2CC(NCC(=O)N(CCC)C(C)C#N)C[C@@H]2C1. The summed E-state index contributed by atoms with van der Waals surface area (Å²) < 4.78 is 0. The van der Waals surface area contributed by atoms with Crippen LogP contribution in [0.2, 0.25) is 0 Å². The van der Waals surface area contributed by atoms with Crippen LogP contribution in [0.25, 0.3) is 0 Å². The third kappa shape index (κ3) is 4.96. The monoisotopic (exact) mass is 333 g/mol. The molecule has 1 amide bonds. The first-order valence-electron chi connectivity index (χ1n) is 10.0. The Labute approximate surface area is 148 Å². The molecular weight excluding hydrogens is 298 g/mol. The second kappa shape index (κ2) is 9.42. The summed E-state index contributed by atoms with van der Waals surface area (Å²) in [5, 5.41) is 12.6. The van der Waals surface area contributed by atoms with E-state index in [1.165, 1.54) is 44.9 Å². The van der Waals surface area contributed by atoms with Crippen molar-refractivity contribution in [3.8, 4) is 6.07 Å². The zero-order valence-corrected chi connectivity index (χ0v) is 15.8. The second-order valence-electron chi connectivity index (χ2n) is 7.94. The molecule has 0 heterocycles. The van der Waals surface area contributed by atoms with Gasteiger partial charge in [-0.1, -0.05) is 33.1 Å². The Bertz CT molecular complexity index is 431. The number of carbonyl (C=O) groups excluding carboxylic acids is 1. The van der Waals surface area contributed by atoms with Crippen molar-refractivity contribution in [2.75, 3.05) is 13.1 Å². The number of rotatable bonds is 9. The summed E-state index contributed by atoms with van der Waals surface area (Å²) in [5.74, 6) is 2.79. The van der Waals surface area contributed by atoms with Gasteiger partial charge in [0.15, 0.2) is 0 Å². The van der Waals surface area contributed by atoms with Gasteiger partial charge in [-0.3, -0.25) is 4.79 Å². The molecule has 2 saturated carbocycles. The molecule has 0 spiro atoms. The summed E-state index contributed by atoms with van der Waals surface area (Å²) in [5.41, 5.74) is 0. The van der Waals surface area contributed by atoms with Crippen molar-refractivity contribution in [3.63, 3.8) is 0 Å². The number of hydrogen-bond acceptors (Lipinski definition) is 3. The van der Waals surface area contributed by atoms with E-state index in [4.69, 9.17) is 5.26 Å². The first-order valence-corrected chi connectivity index (χ1v) is 10.0. The first-order chi connectivity index (χ1) is 11.6. The molecule has 24 heavy (non-hydrogen) atoms. The highest BCUT2D eigenvalue weighted by Gasteiger charge is 2.41. The minimum atomic E-state index is -0.332. The lowest BCUT2D eigenvalue weighted by molar-refractivity contribution is -0.131. The van der Waals surface area contributed by atoms with E-state index in [2.05, 4.69) is 18.3 Å². The van der Waals surface area contributed by atoms with Gasteiger partial charge in [0.1, 0.15) is 6.04 Å². The van der Waals surface area contributed by atoms with Gasteiger partial charge in [-0.05, 0) is 56.8 Å². The number of nitrogens with zero attached hydrogens (tertiary/aromatic N) is 2. The van der Waals surface area contributed by atoms with Crippen LogP contribution in [0, 0.1) is 29.1 Å². The van der Waals surface area contributed by atoms with Crippen molar-refractivity contribution in [1.82, 2.24) is 10.2 Å². The summed E-state index contributed by atoms with van der Waals surface area (Å²) in [7, 11) is 0. The van der Waals surface area contributed by atoms with Gasteiger partial charge in [0.05, 0.1) is 12.6 Å². The topological polar surface area (TPSA) is 56.1 Å². The summed E-state index contributed by atoms with van der Waals surface area (Å²) in [6.45, 7) is 7.19. The summed E-state index contributed by atoms with van der Waals surface area (Å²) >= 11 is 0. The Morgan fingerprint density at radius 3 is 2.42 bits per heavy atom. The van der Waals surface area contributed by atoms with Crippen molar-refractivity contribution in [2.24, 2.45) is 17.8 Å². The number of fused-ring (bicyclic) bond motifs is 1. The van der Waals surface area contributed by atoms with Gasteiger partial charge in [0.2, 0.25) is 5.91 Å². The van der Waals surface area contributed by atoms with E-state index in [9.17, 15) is 4.79 Å². The number of nitriles is 1. The summed E-state index contributed by atoms with van der Waals surface area (Å²) in [4.78, 5) is 14.1. The molecule has 0 aromatic heterocycles. The smallest absolute Gasteiger partial charge is 0.237 e. The van der Waals surface area contributed by atoms with Crippen molar-refractivity contribution < 1.29 is 4.79 Å². The molecule has 0 saturated heterocycles. The van der Waals surface area contributed by atoms with Gasteiger partial charge >= 0.3 is 0 Å². The third-order valence-corrected chi connectivity index (χ3v) is 6.06. The fourth-order valence-electron chi connectivity index (χ4n) is 4.82. The maximum atomic E-state index is 12.4. The van der Waals surface area contributed by atoms with Crippen LogP contribution in [0.15, 0.2) is 0 Å². The second-order valence-corrected chi connectivity index (χ2v) is 7.94. The average Bonchev–Trinajstić information content (AvgIpc) is 3.13. The van der Waals surface area contributed by atoms with E-state index in [-0.39, 0.29) is 11.9 Å². The van der Waals surface area contributed by atoms with Crippen LogP contribution in [0.3, 0.4) is 0 Å². The quantitative estimate of drug-likeness (QED) is 0.699. The fourth-order valence-corrected chi connectivity index (χ4v) is 4.82. The van der Waals surface area contributed by atoms with Crippen molar-refractivity contribution >= 4 is 5.91 Å². The summed E-state index contributed by atoms with van der Waals surface area (Å²) in [6, 6.07) is 2.36. The van der Waals surface area contributed by atoms with Gasteiger partial charge < -0.3 is 10.2 Å². The Morgan fingerprint density at radius 2 is 1.88 bits per heavy atom. The highest BCUT2D eigenvalue weighted by atomic mass is 16.2. The molecular formula is C20H35N3O. The fraction of sp³-hybridized carbons (Fsp3) is 0.900. The van der Waals surface area contributed by atoms with Crippen LogP contribution < -0.4 is 5.32 Å². The maximum absolute atomic E-state index is 12.4. The molecule has 5 atom stereocenters. The lowest BCUT2D eigenvalue weighted by Crippen LogP contribution is -2.45. The van der Waals surface area contributed by atoms with Crippen LogP contribution in [-0.4, -0.2) is 36.0 Å². The lowest BCUT2D eigenvalue weighted by atomic mass is 9.96. The maximum Gasteiger partial charge on any atom is 0.237 e. The lowest BCUT2D eigenvalue weighted by Gasteiger charge is -2.25. The standard InChI is InChI=1S/C20H35N3O/c1-4-6-7-16-9-17-11-19(12-18(17)10-16)22-14-20(24)23(8-5-2)15(3)13-21/h15-19,22H,4-12,14H2,1-3H3/t15?,16?,17-,18+,19?. The van der Waals surface area contributed by atoms with Gasteiger partial charge in [0, 0.05) is 12.6 Å². The molecule has 3 unspecified atom stereocenters. The summed E-state index contributed by atoms with van der Waals surface area (Å²) in [6.07, 6.45) is 10.3. The van der Waals surface area contributed by atoms with E-state index in [0.717, 1.165) is 24.2 Å². The molecule has 0 aromatic carbocycles. The molecule has 2 fully saturated rings. The minimum Gasteiger partial charge on any atom is -0.326 e. The largest absolute Gasteiger partial charge is 0.326 e. The number of unbranched alkanes of at least 4 members (excludes halogenated alkanes) is 1. The number of hydrogen-bond donors (Lipinski definition) is 1. The van der Waals surface area contributed by atoms with Crippen LogP contribution >= 0.6 is 0 Å². The highest BCUT2D eigenvalue weighted by Crippen LogP contribution is 2.48. The number of carbonyl (C=O) groups is 1. The highest BCUT2D eigenvalue weighted by molar-refractivity contribution is 5.78. The van der Waals surface area contributed by atoms with E-state index in [1.807, 2.05) is 13.8 Å². The average molecular weight is 334 g/mol. The molecule has 0 bridgehead atoms. The predicted octanol–water partition coefficient (Wildman–Crippen LogP) is 3.72. The van der Waals surface area contributed by atoms with Crippen LogP contribution in [0.1, 0.15) is 72.1 Å². The molecule has 136 valence electrons. The van der Waals surface area contributed by atoms with Crippen LogP contribution in [0.5, 0.6) is 0 Å². The van der Waals surface area contributed by atoms with Crippen LogP contribution in [-0.2, 0) is 4.79 Å². The normalized spacial score (nSPS) is 29.9. The Balaban J connectivity index is 1.73. The minimum absolute atomic E-state index is 0.0729. The zero-order chi connectivity index (χ0) is 17.5. The molecule has 0 radical (unpaired) electrons. The van der Waals surface area contributed by atoms with Gasteiger partial charge in [-0.2, -0.15) is 5.26 Å². The van der Waals surface area contributed by atoms with E-state index in [1.54, 1.807) is 4.90 Å². The molecule has 4 heteroatoms. The van der Waals surface area contributed by atoms with Crippen LogP contribution in [0.4, 0.5) is 0 Å². The Kier molecular flexibility index (Phi) is 7.55. The Morgan fingerprint density at radius 1 is 1.21 bits per heavy atom. The van der Waals surface area contributed by atoms with E-state index >= 15 is 0 Å². The van der Waals surface area contributed by atoms with Gasteiger partial charge in [-0.25, -0.2) is 0 Å². The van der Waals surface area contributed by atoms with E-state index in [0.29, 0.717) is 19.1 Å². The molecule has 2 aliphatic rings.